The number of nitrogens with zero attached hydrogens (tertiary/aromatic N) is 3. The summed E-state index contributed by atoms with van der Waals surface area (Å²) in [5, 5.41) is 2.97. The first-order chi connectivity index (χ1) is 12.3. The SMILES string of the molecule is O=C(Nc1ccccc1)c1cnc2n1CCN(CC1CCCC1)CC2. The molecule has 1 aromatic heterocycles. The van der Waals surface area contributed by atoms with Gasteiger partial charge in [0, 0.05) is 38.3 Å². The Labute approximate surface area is 149 Å². The lowest BCUT2D eigenvalue weighted by Crippen LogP contribution is -2.31. The van der Waals surface area contributed by atoms with Gasteiger partial charge in [-0.25, -0.2) is 4.98 Å². The zero-order valence-electron chi connectivity index (χ0n) is 14.7. The number of rotatable bonds is 4. The maximum atomic E-state index is 12.6. The van der Waals surface area contributed by atoms with Gasteiger partial charge in [-0.1, -0.05) is 31.0 Å². The Morgan fingerprint density at radius 3 is 2.72 bits per heavy atom. The van der Waals surface area contributed by atoms with E-state index in [1.165, 1.54) is 32.2 Å². The van der Waals surface area contributed by atoms with Gasteiger partial charge in [0.05, 0.1) is 6.20 Å². The van der Waals surface area contributed by atoms with E-state index in [9.17, 15) is 4.79 Å². The van der Waals surface area contributed by atoms with Crippen LogP contribution in [0.2, 0.25) is 0 Å². The summed E-state index contributed by atoms with van der Waals surface area (Å²) in [6.45, 7) is 4.11. The van der Waals surface area contributed by atoms with E-state index in [-0.39, 0.29) is 5.91 Å². The number of anilines is 1. The molecule has 0 saturated heterocycles. The molecule has 0 unspecified atom stereocenters. The van der Waals surface area contributed by atoms with E-state index >= 15 is 0 Å². The molecule has 0 spiro atoms. The smallest absolute Gasteiger partial charge is 0.273 e. The molecule has 1 saturated carbocycles. The lowest BCUT2D eigenvalue weighted by atomic mass is 10.1. The second kappa shape index (κ2) is 7.40. The molecule has 5 heteroatoms. The van der Waals surface area contributed by atoms with Crippen LogP contribution >= 0.6 is 0 Å². The summed E-state index contributed by atoms with van der Waals surface area (Å²) >= 11 is 0. The van der Waals surface area contributed by atoms with Crippen molar-refractivity contribution >= 4 is 11.6 Å². The predicted octanol–water partition coefficient (Wildman–Crippen LogP) is 3.18. The summed E-state index contributed by atoms with van der Waals surface area (Å²) in [6.07, 6.45) is 8.19. The number of fused-ring (bicyclic) bond motifs is 1. The molecule has 1 aromatic carbocycles. The van der Waals surface area contributed by atoms with Crippen LogP contribution in [0.1, 0.15) is 42.0 Å². The number of nitrogens with one attached hydrogen (secondary N) is 1. The molecule has 1 aliphatic heterocycles. The second-order valence-electron chi connectivity index (χ2n) is 7.23. The zero-order valence-corrected chi connectivity index (χ0v) is 14.7. The molecule has 0 bridgehead atoms. The Balaban J connectivity index is 1.42. The number of aromatic nitrogens is 2. The minimum atomic E-state index is -0.0748. The monoisotopic (exact) mass is 338 g/mol. The quantitative estimate of drug-likeness (QED) is 0.931. The normalized spacial score (nSPS) is 18.7. The highest BCUT2D eigenvalue weighted by molar-refractivity contribution is 6.03. The Hall–Kier alpha value is -2.14. The van der Waals surface area contributed by atoms with Crippen molar-refractivity contribution in [2.24, 2.45) is 5.92 Å². The van der Waals surface area contributed by atoms with E-state index in [1.54, 1.807) is 6.20 Å². The summed E-state index contributed by atoms with van der Waals surface area (Å²) in [4.78, 5) is 19.7. The largest absolute Gasteiger partial charge is 0.323 e. The van der Waals surface area contributed by atoms with Crippen molar-refractivity contribution in [1.82, 2.24) is 14.5 Å². The van der Waals surface area contributed by atoms with Gasteiger partial charge in [0.2, 0.25) is 0 Å². The second-order valence-corrected chi connectivity index (χ2v) is 7.23. The van der Waals surface area contributed by atoms with Crippen molar-refractivity contribution in [2.75, 3.05) is 25.0 Å². The molecule has 0 atom stereocenters. The third kappa shape index (κ3) is 3.76. The molecule has 1 fully saturated rings. The highest BCUT2D eigenvalue weighted by Gasteiger charge is 2.23. The van der Waals surface area contributed by atoms with Gasteiger partial charge in [-0.2, -0.15) is 0 Å². The van der Waals surface area contributed by atoms with Crippen LogP contribution in [-0.2, 0) is 13.0 Å². The summed E-state index contributed by atoms with van der Waals surface area (Å²) in [6, 6.07) is 9.60. The number of para-hydroxylation sites is 1. The van der Waals surface area contributed by atoms with E-state index in [4.69, 9.17) is 0 Å². The fourth-order valence-electron chi connectivity index (χ4n) is 4.11. The molecular formula is C20H26N4O. The van der Waals surface area contributed by atoms with Crippen molar-refractivity contribution in [3.63, 3.8) is 0 Å². The molecule has 4 rings (SSSR count). The molecule has 2 heterocycles. The summed E-state index contributed by atoms with van der Waals surface area (Å²) in [7, 11) is 0. The van der Waals surface area contributed by atoms with Gasteiger partial charge in [0.1, 0.15) is 11.5 Å². The average molecular weight is 338 g/mol. The first-order valence-electron chi connectivity index (χ1n) is 9.43. The van der Waals surface area contributed by atoms with Crippen molar-refractivity contribution in [1.29, 1.82) is 0 Å². The molecule has 2 aromatic rings. The van der Waals surface area contributed by atoms with Gasteiger partial charge in [-0.05, 0) is 30.9 Å². The van der Waals surface area contributed by atoms with Crippen LogP contribution in [0.15, 0.2) is 36.5 Å². The van der Waals surface area contributed by atoms with E-state index < -0.39 is 0 Å². The van der Waals surface area contributed by atoms with Crippen molar-refractivity contribution in [3.8, 4) is 0 Å². The van der Waals surface area contributed by atoms with Gasteiger partial charge in [0.25, 0.3) is 5.91 Å². The Kier molecular flexibility index (Phi) is 4.83. The Morgan fingerprint density at radius 1 is 1.12 bits per heavy atom. The maximum absolute atomic E-state index is 12.6. The Bertz CT molecular complexity index is 719. The van der Waals surface area contributed by atoms with Gasteiger partial charge < -0.3 is 14.8 Å². The van der Waals surface area contributed by atoms with Gasteiger partial charge >= 0.3 is 0 Å². The number of amides is 1. The van der Waals surface area contributed by atoms with Gasteiger partial charge in [-0.15, -0.1) is 0 Å². The lowest BCUT2D eigenvalue weighted by Gasteiger charge is -2.23. The van der Waals surface area contributed by atoms with Crippen LogP contribution in [0.3, 0.4) is 0 Å². The first kappa shape index (κ1) is 16.3. The molecule has 1 aliphatic carbocycles. The highest BCUT2D eigenvalue weighted by atomic mass is 16.2. The van der Waals surface area contributed by atoms with Crippen LogP contribution in [0.5, 0.6) is 0 Å². The van der Waals surface area contributed by atoms with E-state index in [2.05, 4.69) is 19.8 Å². The fourth-order valence-corrected chi connectivity index (χ4v) is 4.11. The zero-order chi connectivity index (χ0) is 17.1. The van der Waals surface area contributed by atoms with E-state index in [0.29, 0.717) is 5.69 Å². The third-order valence-corrected chi connectivity index (χ3v) is 5.49. The molecule has 1 N–H and O–H groups in total. The van der Waals surface area contributed by atoms with Crippen LogP contribution in [0, 0.1) is 5.92 Å². The van der Waals surface area contributed by atoms with E-state index in [0.717, 1.165) is 43.5 Å². The number of hydrogen-bond donors (Lipinski definition) is 1. The minimum absolute atomic E-state index is 0.0748. The summed E-state index contributed by atoms with van der Waals surface area (Å²) < 4.78 is 2.10. The number of imidazole rings is 1. The predicted molar refractivity (Wildman–Crippen MR) is 98.7 cm³/mol. The number of benzene rings is 1. The first-order valence-corrected chi connectivity index (χ1v) is 9.43. The third-order valence-electron chi connectivity index (χ3n) is 5.49. The molecule has 0 radical (unpaired) electrons. The van der Waals surface area contributed by atoms with Crippen LogP contribution in [0.25, 0.3) is 0 Å². The average Bonchev–Trinajstić information content (AvgIpc) is 3.23. The van der Waals surface area contributed by atoms with Crippen LogP contribution < -0.4 is 5.32 Å². The van der Waals surface area contributed by atoms with Crippen LogP contribution in [-0.4, -0.2) is 40.0 Å². The molecule has 2 aliphatic rings. The number of hydrogen-bond acceptors (Lipinski definition) is 3. The molecule has 25 heavy (non-hydrogen) atoms. The standard InChI is InChI=1S/C20H26N4O/c25-20(22-17-8-2-1-3-9-17)18-14-21-19-10-11-23(12-13-24(18)19)15-16-6-4-5-7-16/h1-3,8-9,14,16H,4-7,10-13,15H2,(H,22,25). The Morgan fingerprint density at radius 2 is 1.92 bits per heavy atom. The lowest BCUT2D eigenvalue weighted by molar-refractivity contribution is 0.101. The van der Waals surface area contributed by atoms with Crippen LogP contribution in [0.4, 0.5) is 5.69 Å². The number of carbonyl (C=O) groups excluding carboxylic acids is 1. The van der Waals surface area contributed by atoms with E-state index in [1.807, 2.05) is 30.3 Å². The van der Waals surface area contributed by atoms with Crippen molar-refractivity contribution < 1.29 is 4.79 Å². The fraction of sp³-hybridized carbons (Fsp3) is 0.500. The molecule has 5 nitrogen and oxygen atoms in total. The van der Waals surface area contributed by atoms with Crippen molar-refractivity contribution in [3.05, 3.63) is 48.0 Å². The van der Waals surface area contributed by atoms with Gasteiger partial charge in [0.15, 0.2) is 0 Å². The number of carbonyl (C=O) groups is 1. The topological polar surface area (TPSA) is 50.2 Å². The summed E-state index contributed by atoms with van der Waals surface area (Å²) in [5.41, 5.74) is 1.49. The van der Waals surface area contributed by atoms with Crippen molar-refractivity contribution in [2.45, 2.75) is 38.6 Å². The molecule has 1 amide bonds. The molecular weight excluding hydrogens is 312 g/mol. The maximum Gasteiger partial charge on any atom is 0.273 e. The summed E-state index contributed by atoms with van der Waals surface area (Å²) in [5.74, 6) is 1.83. The highest BCUT2D eigenvalue weighted by Crippen LogP contribution is 2.26. The molecule has 132 valence electrons. The van der Waals surface area contributed by atoms with Gasteiger partial charge in [-0.3, -0.25) is 4.79 Å². The minimum Gasteiger partial charge on any atom is -0.323 e.